The summed E-state index contributed by atoms with van der Waals surface area (Å²) >= 11 is 5.77. The average molecular weight is 299 g/mol. The van der Waals surface area contributed by atoms with E-state index >= 15 is 0 Å². The second-order valence-electron chi connectivity index (χ2n) is 5.72. The van der Waals surface area contributed by atoms with Crippen molar-refractivity contribution in [2.24, 2.45) is 5.92 Å². The number of likely N-dealkylation sites (N-methyl/N-ethyl adjacent to an activating group) is 1. The predicted molar refractivity (Wildman–Crippen MR) is 82.4 cm³/mol. The number of carbonyl (C=O) groups excluding carboxylic acids is 1. The number of hydrogen-bond donors (Lipinski definition) is 2. The molecule has 1 rings (SSSR count). The van der Waals surface area contributed by atoms with Gasteiger partial charge in [0, 0.05) is 17.6 Å². The Morgan fingerprint density at radius 2 is 2.05 bits per heavy atom. The van der Waals surface area contributed by atoms with Crippen LogP contribution in [-0.4, -0.2) is 42.6 Å². The van der Waals surface area contributed by atoms with Gasteiger partial charge in [-0.3, -0.25) is 4.79 Å². The third-order valence-corrected chi connectivity index (χ3v) is 3.12. The lowest BCUT2D eigenvalue weighted by Crippen LogP contribution is -2.42. The third-order valence-electron chi connectivity index (χ3n) is 2.88. The molecule has 1 aromatic carbocycles. The quantitative estimate of drug-likeness (QED) is 0.849. The number of halogens is 1. The summed E-state index contributed by atoms with van der Waals surface area (Å²) in [6.07, 6.45) is 0.887. The fraction of sp³-hybridized carbons (Fsp3) is 0.533. The molecule has 0 saturated carbocycles. The molecule has 2 N–H and O–H groups in total. The maximum absolute atomic E-state index is 12.2. The Bertz CT molecular complexity index is 451. The zero-order valence-corrected chi connectivity index (χ0v) is 13.2. The van der Waals surface area contributed by atoms with E-state index in [0.29, 0.717) is 10.9 Å². The van der Waals surface area contributed by atoms with Crippen molar-refractivity contribution in [1.29, 1.82) is 0 Å². The van der Waals surface area contributed by atoms with Crippen LogP contribution >= 0.6 is 11.6 Å². The molecule has 4 nitrogen and oxygen atoms in total. The monoisotopic (exact) mass is 298 g/mol. The fourth-order valence-corrected chi connectivity index (χ4v) is 2.32. The molecule has 5 heteroatoms. The number of hydrogen-bond acceptors (Lipinski definition) is 3. The molecule has 0 saturated heterocycles. The topological polar surface area (TPSA) is 52.6 Å². The van der Waals surface area contributed by atoms with Gasteiger partial charge >= 0.3 is 0 Å². The van der Waals surface area contributed by atoms with Crippen molar-refractivity contribution in [3.8, 4) is 5.75 Å². The minimum Gasteiger partial charge on any atom is -0.507 e. The van der Waals surface area contributed by atoms with Crippen molar-refractivity contribution in [3.63, 3.8) is 0 Å². The molecule has 0 heterocycles. The summed E-state index contributed by atoms with van der Waals surface area (Å²) in [5.74, 6) is 0.119. The number of nitrogens with one attached hydrogen (secondary N) is 1. The van der Waals surface area contributed by atoms with Gasteiger partial charge in [-0.05, 0) is 44.6 Å². The van der Waals surface area contributed by atoms with Gasteiger partial charge in [0.05, 0.1) is 5.56 Å². The van der Waals surface area contributed by atoms with Crippen molar-refractivity contribution in [1.82, 2.24) is 10.2 Å². The summed E-state index contributed by atoms with van der Waals surface area (Å²) in [5.41, 5.74) is 0.252. The molecule has 20 heavy (non-hydrogen) atoms. The Morgan fingerprint density at radius 1 is 1.40 bits per heavy atom. The van der Waals surface area contributed by atoms with Crippen molar-refractivity contribution in [3.05, 3.63) is 28.8 Å². The highest BCUT2D eigenvalue weighted by Gasteiger charge is 2.18. The van der Waals surface area contributed by atoms with Gasteiger partial charge in [0.15, 0.2) is 0 Å². The van der Waals surface area contributed by atoms with Crippen LogP contribution in [0.25, 0.3) is 0 Å². The first-order valence-electron chi connectivity index (χ1n) is 6.73. The molecule has 0 aliphatic rings. The van der Waals surface area contributed by atoms with Crippen LogP contribution in [0, 0.1) is 5.92 Å². The van der Waals surface area contributed by atoms with Gasteiger partial charge in [0.25, 0.3) is 5.91 Å². The Kier molecular flexibility index (Phi) is 6.30. The number of benzene rings is 1. The van der Waals surface area contributed by atoms with Gasteiger partial charge in [-0.1, -0.05) is 25.4 Å². The van der Waals surface area contributed by atoms with Crippen LogP contribution < -0.4 is 5.32 Å². The maximum Gasteiger partial charge on any atom is 0.255 e. The van der Waals surface area contributed by atoms with Crippen LogP contribution in [0.15, 0.2) is 18.2 Å². The van der Waals surface area contributed by atoms with E-state index in [1.807, 2.05) is 19.0 Å². The average Bonchev–Trinajstić information content (AvgIpc) is 2.26. The highest BCUT2D eigenvalue weighted by atomic mass is 35.5. The van der Waals surface area contributed by atoms with E-state index in [-0.39, 0.29) is 23.3 Å². The lowest BCUT2D eigenvalue weighted by atomic mass is 10.0. The summed E-state index contributed by atoms with van der Waals surface area (Å²) < 4.78 is 0. The van der Waals surface area contributed by atoms with Crippen LogP contribution in [0.2, 0.25) is 5.02 Å². The largest absolute Gasteiger partial charge is 0.507 e. The van der Waals surface area contributed by atoms with E-state index in [0.717, 1.165) is 13.0 Å². The molecule has 0 bridgehead atoms. The van der Waals surface area contributed by atoms with E-state index in [1.54, 1.807) is 6.07 Å². The minimum absolute atomic E-state index is 0.0487. The Morgan fingerprint density at radius 3 is 2.55 bits per heavy atom. The SMILES string of the molecule is CC(C)CC(CN(C)C)NC(=O)c1ccc(Cl)cc1O. The zero-order valence-electron chi connectivity index (χ0n) is 12.5. The smallest absolute Gasteiger partial charge is 0.255 e. The first-order chi connectivity index (χ1) is 9.29. The second-order valence-corrected chi connectivity index (χ2v) is 6.16. The Balaban J connectivity index is 2.78. The van der Waals surface area contributed by atoms with Gasteiger partial charge in [0.2, 0.25) is 0 Å². The number of carbonyl (C=O) groups is 1. The zero-order chi connectivity index (χ0) is 15.3. The molecule has 0 spiro atoms. The molecule has 1 aromatic rings. The van der Waals surface area contributed by atoms with Gasteiger partial charge in [-0.25, -0.2) is 0 Å². The van der Waals surface area contributed by atoms with Crippen molar-refractivity contribution in [2.75, 3.05) is 20.6 Å². The Labute approximate surface area is 125 Å². The molecule has 0 aliphatic carbocycles. The molecule has 0 aromatic heterocycles. The standard InChI is InChI=1S/C15H23ClN2O2/c1-10(2)7-12(9-18(3)4)17-15(20)13-6-5-11(16)8-14(13)19/h5-6,8,10,12,19H,7,9H2,1-4H3,(H,17,20). The normalized spacial score (nSPS) is 12.8. The van der Waals surface area contributed by atoms with Crippen molar-refractivity contribution < 1.29 is 9.90 Å². The lowest BCUT2D eigenvalue weighted by Gasteiger charge is -2.24. The number of phenolic OH excluding ortho intramolecular Hbond substituents is 1. The predicted octanol–water partition coefficient (Wildman–Crippen LogP) is 2.75. The highest BCUT2D eigenvalue weighted by molar-refractivity contribution is 6.30. The van der Waals surface area contributed by atoms with Crippen LogP contribution in [-0.2, 0) is 0 Å². The molecule has 0 radical (unpaired) electrons. The van der Waals surface area contributed by atoms with Crippen LogP contribution in [0.5, 0.6) is 5.75 Å². The van der Waals surface area contributed by atoms with E-state index in [1.165, 1.54) is 12.1 Å². The summed E-state index contributed by atoms with van der Waals surface area (Å²) in [7, 11) is 3.94. The molecule has 0 aliphatic heterocycles. The van der Waals surface area contributed by atoms with Crippen LogP contribution in [0.4, 0.5) is 0 Å². The second kappa shape index (κ2) is 7.50. The first-order valence-corrected chi connectivity index (χ1v) is 7.11. The number of amides is 1. The Hall–Kier alpha value is -1.26. The highest BCUT2D eigenvalue weighted by Crippen LogP contribution is 2.22. The molecular formula is C15H23ClN2O2. The lowest BCUT2D eigenvalue weighted by molar-refractivity contribution is 0.0922. The van der Waals surface area contributed by atoms with Crippen molar-refractivity contribution in [2.45, 2.75) is 26.3 Å². The number of rotatable bonds is 6. The molecule has 1 unspecified atom stereocenters. The van der Waals surface area contributed by atoms with Gasteiger partial charge < -0.3 is 15.3 Å². The molecule has 1 atom stereocenters. The van der Waals surface area contributed by atoms with Gasteiger partial charge in [-0.15, -0.1) is 0 Å². The summed E-state index contributed by atoms with van der Waals surface area (Å²) in [5, 5.41) is 13.2. The summed E-state index contributed by atoms with van der Waals surface area (Å²) in [6, 6.07) is 4.56. The van der Waals surface area contributed by atoms with Gasteiger partial charge in [-0.2, -0.15) is 0 Å². The fourth-order valence-electron chi connectivity index (χ4n) is 2.15. The van der Waals surface area contributed by atoms with Crippen LogP contribution in [0.1, 0.15) is 30.6 Å². The molecule has 0 fully saturated rings. The summed E-state index contributed by atoms with van der Waals surface area (Å²) in [6.45, 7) is 5.00. The van der Waals surface area contributed by atoms with Crippen molar-refractivity contribution >= 4 is 17.5 Å². The summed E-state index contributed by atoms with van der Waals surface area (Å²) in [4.78, 5) is 14.3. The van der Waals surface area contributed by atoms with E-state index in [2.05, 4.69) is 19.2 Å². The first kappa shape index (κ1) is 16.8. The van der Waals surface area contributed by atoms with E-state index in [9.17, 15) is 9.90 Å². The number of aromatic hydroxyl groups is 1. The number of nitrogens with zero attached hydrogens (tertiary/aromatic N) is 1. The molecule has 1 amide bonds. The van der Waals surface area contributed by atoms with E-state index in [4.69, 9.17) is 11.6 Å². The maximum atomic E-state index is 12.2. The third kappa shape index (κ3) is 5.39. The minimum atomic E-state index is -0.272. The molecular weight excluding hydrogens is 276 g/mol. The van der Waals surface area contributed by atoms with Crippen LogP contribution in [0.3, 0.4) is 0 Å². The van der Waals surface area contributed by atoms with Gasteiger partial charge in [0.1, 0.15) is 5.75 Å². The van der Waals surface area contributed by atoms with E-state index < -0.39 is 0 Å². The number of phenols is 1. The molecule has 112 valence electrons.